The van der Waals surface area contributed by atoms with Gasteiger partial charge in [-0.2, -0.15) is 4.98 Å². The van der Waals surface area contributed by atoms with Gasteiger partial charge in [0.05, 0.1) is 24.3 Å². The van der Waals surface area contributed by atoms with Gasteiger partial charge in [-0.3, -0.25) is 0 Å². The van der Waals surface area contributed by atoms with Crippen molar-refractivity contribution in [1.29, 1.82) is 0 Å². The molecule has 0 atom stereocenters. The van der Waals surface area contributed by atoms with E-state index in [4.69, 9.17) is 9.84 Å². The van der Waals surface area contributed by atoms with Crippen LogP contribution in [0.5, 0.6) is 5.88 Å². The van der Waals surface area contributed by atoms with Crippen LogP contribution >= 0.6 is 0 Å². The fourth-order valence-electron chi connectivity index (χ4n) is 2.92. The number of methoxy groups -OCH3 is 1. The van der Waals surface area contributed by atoms with Crippen molar-refractivity contribution in [2.45, 2.75) is 11.3 Å². The predicted octanol–water partition coefficient (Wildman–Crippen LogP) is -0.244. The second-order valence-electron chi connectivity index (χ2n) is 6.38. The number of anilines is 1. The summed E-state index contributed by atoms with van der Waals surface area (Å²) in [6.07, 6.45) is 0.530. The van der Waals surface area contributed by atoms with E-state index in [-0.39, 0.29) is 18.0 Å². The molecule has 0 radical (unpaired) electrons. The molecular formula is C18H25N5O4S. The van der Waals surface area contributed by atoms with Gasteiger partial charge in [0.25, 0.3) is 0 Å². The van der Waals surface area contributed by atoms with Crippen LogP contribution in [0.3, 0.4) is 0 Å². The van der Waals surface area contributed by atoms with Crippen LogP contribution in [0.4, 0.5) is 5.95 Å². The normalized spacial score (nSPS) is 14.9. The first-order chi connectivity index (χ1) is 13.5. The van der Waals surface area contributed by atoms with Crippen LogP contribution in [0.15, 0.2) is 35.2 Å². The van der Waals surface area contributed by atoms with Gasteiger partial charge >= 0.3 is 0 Å². The van der Waals surface area contributed by atoms with Crippen LogP contribution in [0.1, 0.15) is 11.3 Å². The molecule has 1 fully saturated rings. The third-order valence-electron chi connectivity index (χ3n) is 4.38. The number of nitrogens with zero attached hydrogens (tertiary/aromatic N) is 3. The van der Waals surface area contributed by atoms with Crippen molar-refractivity contribution in [3.8, 4) is 5.88 Å². The third kappa shape index (κ3) is 5.16. The van der Waals surface area contributed by atoms with Gasteiger partial charge < -0.3 is 20.1 Å². The first-order valence-electron chi connectivity index (χ1n) is 9.09. The van der Waals surface area contributed by atoms with E-state index in [1.807, 2.05) is 0 Å². The Morgan fingerprint density at radius 1 is 1.21 bits per heavy atom. The lowest BCUT2D eigenvalue weighted by Gasteiger charge is -2.27. The van der Waals surface area contributed by atoms with Crippen LogP contribution < -0.4 is 19.7 Å². The maximum Gasteiger partial charge on any atom is 0.240 e. The summed E-state index contributed by atoms with van der Waals surface area (Å²) < 4.78 is 31.8. The van der Waals surface area contributed by atoms with Crippen molar-refractivity contribution < 1.29 is 18.3 Å². The lowest BCUT2D eigenvalue weighted by molar-refractivity contribution is 0.301. The molecule has 0 spiro atoms. The number of rotatable bonds is 8. The number of nitrogens with one attached hydrogen (secondary N) is 2. The molecule has 10 heteroatoms. The highest BCUT2D eigenvalue weighted by Crippen LogP contribution is 2.19. The molecule has 2 aromatic rings. The highest BCUT2D eigenvalue weighted by molar-refractivity contribution is 7.89. The van der Waals surface area contributed by atoms with Gasteiger partial charge in [0, 0.05) is 45.2 Å². The molecule has 0 saturated carbocycles. The number of hydrogen-bond donors (Lipinski definition) is 3. The first-order valence-corrected chi connectivity index (χ1v) is 10.6. The number of aromatic nitrogens is 2. The monoisotopic (exact) mass is 407 g/mol. The Morgan fingerprint density at radius 2 is 1.93 bits per heavy atom. The fourth-order valence-corrected chi connectivity index (χ4v) is 3.94. The van der Waals surface area contributed by atoms with E-state index in [0.717, 1.165) is 37.4 Å². The number of sulfonamides is 1. The lowest BCUT2D eigenvalue weighted by atomic mass is 10.1. The second-order valence-corrected chi connectivity index (χ2v) is 8.15. The minimum absolute atomic E-state index is 0.0143. The summed E-state index contributed by atoms with van der Waals surface area (Å²) >= 11 is 0. The lowest BCUT2D eigenvalue weighted by Crippen LogP contribution is -2.44. The van der Waals surface area contributed by atoms with Gasteiger partial charge in [0.15, 0.2) is 0 Å². The van der Waals surface area contributed by atoms with Gasteiger partial charge in [-0.05, 0) is 17.7 Å². The number of hydrogen-bond acceptors (Lipinski definition) is 8. The van der Waals surface area contributed by atoms with Gasteiger partial charge in [-0.15, -0.1) is 0 Å². The molecule has 3 rings (SSSR count). The molecule has 1 aliphatic rings. The third-order valence-corrected chi connectivity index (χ3v) is 5.85. The Morgan fingerprint density at radius 3 is 2.57 bits per heavy atom. The minimum Gasteiger partial charge on any atom is -0.481 e. The van der Waals surface area contributed by atoms with Gasteiger partial charge in [0.1, 0.15) is 0 Å². The first kappa shape index (κ1) is 20.5. The summed E-state index contributed by atoms with van der Waals surface area (Å²) in [7, 11) is -2.04. The molecule has 0 amide bonds. The summed E-state index contributed by atoms with van der Waals surface area (Å²) in [5.41, 5.74) is 1.72. The number of piperazine rings is 1. The Hall–Kier alpha value is -2.27. The average molecular weight is 407 g/mol. The predicted molar refractivity (Wildman–Crippen MR) is 105 cm³/mol. The number of benzene rings is 1. The molecule has 1 aliphatic heterocycles. The molecule has 1 aromatic heterocycles. The highest BCUT2D eigenvalue weighted by Gasteiger charge is 2.16. The molecule has 1 saturated heterocycles. The van der Waals surface area contributed by atoms with Crippen molar-refractivity contribution in [1.82, 2.24) is 20.0 Å². The van der Waals surface area contributed by atoms with Crippen LogP contribution in [0.2, 0.25) is 0 Å². The molecule has 1 aromatic carbocycles. The van der Waals surface area contributed by atoms with Gasteiger partial charge in [-0.25, -0.2) is 18.1 Å². The standard InChI is InChI=1S/C18H25N5O4S/c1-27-17-13-15(21-18(22-17)23-9-6-19-7-10-23)12-14-2-4-16(5-3-14)28(25,26)20-8-11-24/h2-5,13,19-20,24H,6-12H2,1H3. The van der Waals surface area contributed by atoms with E-state index >= 15 is 0 Å². The second kappa shape index (κ2) is 9.28. The Bertz CT molecular complexity index is 883. The molecule has 9 nitrogen and oxygen atoms in total. The Kier molecular flexibility index (Phi) is 6.79. The fraction of sp³-hybridized carbons (Fsp3) is 0.444. The Labute approximate surface area is 164 Å². The van der Waals surface area contributed by atoms with E-state index in [0.29, 0.717) is 18.2 Å². The van der Waals surface area contributed by atoms with E-state index < -0.39 is 10.0 Å². The summed E-state index contributed by atoms with van der Waals surface area (Å²) in [5.74, 6) is 1.15. The zero-order valence-corrected chi connectivity index (χ0v) is 16.6. The smallest absolute Gasteiger partial charge is 0.240 e. The van der Waals surface area contributed by atoms with E-state index in [9.17, 15) is 8.42 Å². The van der Waals surface area contributed by atoms with Gasteiger partial charge in [-0.1, -0.05) is 12.1 Å². The average Bonchev–Trinajstić information content (AvgIpc) is 2.73. The quantitative estimate of drug-likeness (QED) is 0.549. The molecule has 2 heterocycles. The van der Waals surface area contributed by atoms with Crippen molar-refractivity contribution in [3.05, 3.63) is 41.6 Å². The molecule has 0 unspecified atom stereocenters. The summed E-state index contributed by atoms with van der Waals surface area (Å²) in [6, 6.07) is 8.40. The van der Waals surface area contributed by atoms with Crippen LogP contribution in [0, 0.1) is 0 Å². The van der Waals surface area contributed by atoms with E-state index in [1.54, 1.807) is 37.4 Å². The summed E-state index contributed by atoms with van der Waals surface area (Å²) in [4.78, 5) is 11.4. The maximum absolute atomic E-state index is 12.1. The SMILES string of the molecule is COc1cc(Cc2ccc(S(=O)(=O)NCCO)cc2)nc(N2CCNCC2)n1. The minimum atomic E-state index is -3.61. The number of aliphatic hydroxyl groups is 1. The van der Waals surface area contributed by atoms with Gasteiger partial charge in [0.2, 0.25) is 21.9 Å². The maximum atomic E-state index is 12.1. The zero-order valence-electron chi connectivity index (χ0n) is 15.8. The molecule has 0 aliphatic carbocycles. The van der Waals surface area contributed by atoms with E-state index in [2.05, 4.69) is 24.9 Å². The molecular weight excluding hydrogens is 382 g/mol. The van der Waals surface area contributed by atoms with Crippen LogP contribution in [-0.4, -0.2) is 69.9 Å². The van der Waals surface area contributed by atoms with E-state index in [1.165, 1.54) is 0 Å². The van der Waals surface area contributed by atoms with Crippen molar-refractivity contribution >= 4 is 16.0 Å². The van der Waals surface area contributed by atoms with Crippen molar-refractivity contribution in [3.63, 3.8) is 0 Å². The topological polar surface area (TPSA) is 117 Å². The van der Waals surface area contributed by atoms with Crippen LogP contribution in [0.25, 0.3) is 0 Å². The Balaban J connectivity index is 1.77. The molecule has 0 bridgehead atoms. The summed E-state index contributed by atoms with van der Waals surface area (Å²) in [6.45, 7) is 3.17. The molecule has 3 N–H and O–H groups in total. The molecule has 28 heavy (non-hydrogen) atoms. The number of aliphatic hydroxyl groups excluding tert-OH is 1. The van der Waals surface area contributed by atoms with Crippen LogP contribution in [-0.2, 0) is 16.4 Å². The number of ether oxygens (including phenoxy) is 1. The zero-order chi connectivity index (χ0) is 20.0. The largest absolute Gasteiger partial charge is 0.481 e. The highest BCUT2D eigenvalue weighted by atomic mass is 32.2. The summed E-state index contributed by atoms with van der Waals surface area (Å²) in [5, 5.41) is 12.1. The van der Waals surface area contributed by atoms with Crippen molar-refractivity contribution in [2.24, 2.45) is 0 Å². The van der Waals surface area contributed by atoms with Crippen molar-refractivity contribution in [2.75, 3.05) is 51.3 Å². The molecule has 152 valence electrons.